The summed E-state index contributed by atoms with van der Waals surface area (Å²) in [4.78, 5) is 9.07. The highest BCUT2D eigenvalue weighted by Gasteiger charge is 2.36. The van der Waals surface area contributed by atoms with Crippen LogP contribution in [-0.2, 0) is 6.42 Å². The van der Waals surface area contributed by atoms with Crippen molar-refractivity contribution in [3.63, 3.8) is 0 Å². The van der Waals surface area contributed by atoms with Crippen molar-refractivity contribution in [2.75, 3.05) is 11.4 Å². The third kappa shape index (κ3) is 2.46. The molecule has 0 saturated carbocycles. The summed E-state index contributed by atoms with van der Waals surface area (Å²) >= 11 is 0. The fourth-order valence-corrected chi connectivity index (χ4v) is 3.35. The van der Waals surface area contributed by atoms with Gasteiger partial charge in [-0.05, 0) is 18.2 Å². The van der Waals surface area contributed by atoms with E-state index in [0.717, 1.165) is 5.69 Å². The molecule has 27 heavy (non-hydrogen) atoms. The molecule has 0 spiro atoms. The first-order valence-corrected chi connectivity index (χ1v) is 8.16. The van der Waals surface area contributed by atoms with Crippen LogP contribution < -0.4 is 4.90 Å². The molecule has 0 bridgehead atoms. The van der Waals surface area contributed by atoms with Gasteiger partial charge in [0.1, 0.15) is 6.04 Å². The molecule has 5 rings (SSSR count). The maximum atomic E-state index is 14.1. The summed E-state index contributed by atoms with van der Waals surface area (Å²) in [7, 11) is 0. The third-order valence-corrected chi connectivity index (χ3v) is 4.53. The van der Waals surface area contributed by atoms with Crippen molar-refractivity contribution in [1.82, 2.24) is 29.8 Å². The molecule has 4 aromatic heterocycles. The molecule has 0 saturated heterocycles. The minimum Gasteiger partial charge on any atom is -0.402 e. The lowest BCUT2D eigenvalue weighted by Crippen LogP contribution is -2.37. The van der Waals surface area contributed by atoms with E-state index in [1.807, 2.05) is 0 Å². The number of alkyl halides is 2. The van der Waals surface area contributed by atoms with Crippen LogP contribution in [0.1, 0.15) is 35.4 Å². The lowest BCUT2D eigenvalue weighted by atomic mass is 10.0. The van der Waals surface area contributed by atoms with Gasteiger partial charge >= 0.3 is 12.4 Å². The van der Waals surface area contributed by atoms with E-state index in [4.69, 9.17) is 4.42 Å². The van der Waals surface area contributed by atoms with Gasteiger partial charge < -0.3 is 14.3 Å². The van der Waals surface area contributed by atoms with Gasteiger partial charge in [0.25, 0.3) is 5.89 Å². The van der Waals surface area contributed by atoms with E-state index in [0.29, 0.717) is 29.9 Å². The van der Waals surface area contributed by atoms with Crippen molar-refractivity contribution >= 4 is 11.5 Å². The second-order valence-corrected chi connectivity index (χ2v) is 6.09. The van der Waals surface area contributed by atoms with E-state index >= 15 is 0 Å². The van der Waals surface area contributed by atoms with E-state index in [-0.39, 0.29) is 6.01 Å². The van der Waals surface area contributed by atoms with Crippen LogP contribution in [0.2, 0.25) is 0 Å². The number of halogens is 3. The van der Waals surface area contributed by atoms with E-state index in [1.165, 1.54) is 10.6 Å². The third-order valence-electron chi connectivity index (χ3n) is 4.53. The average molecular weight is 375 g/mol. The molecule has 1 unspecified atom stereocenters. The zero-order valence-corrected chi connectivity index (χ0v) is 13.7. The van der Waals surface area contributed by atoms with Crippen LogP contribution in [0.4, 0.5) is 19.2 Å². The molecule has 0 radical (unpaired) electrons. The number of anilines is 1. The average Bonchev–Trinajstić information content (AvgIpc) is 3.39. The predicted molar refractivity (Wildman–Crippen MR) is 85.9 cm³/mol. The largest absolute Gasteiger partial charge is 0.402 e. The molecule has 11 heteroatoms. The normalized spacial score (nSPS) is 17.0. The lowest BCUT2D eigenvalue weighted by Gasteiger charge is -2.32. The molecule has 1 aliphatic heterocycles. The Bertz CT molecular complexity index is 1120. The van der Waals surface area contributed by atoms with E-state index in [2.05, 4.69) is 25.3 Å². The lowest BCUT2D eigenvalue weighted by molar-refractivity contribution is 0.115. The van der Waals surface area contributed by atoms with Crippen molar-refractivity contribution in [3.05, 3.63) is 59.5 Å². The molecular weight excluding hydrogens is 363 g/mol. The van der Waals surface area contributed by atoms with Crippen LogP contribution in [0, 0.1) is 5.95 Å². The van der Waals surface area contributed by atoms with Gasteiger partial charge in [0.15, 0.2) is 0 Å². The number of nitrogens with one attached hydrogen (secondary N) is 1. The standard InChI is InChI=1S/C16H12F3N7O/c17-11-3-1-2-8-6-10(24-26(8)11)13-12-9(20-7-21-12)4-5-25(13)16-23-22-15(27-16)14(18)19/h1-3,6-7,13-14H,4-5H2,(H,20,21). The Morgan fingerprint density at radius 3 is 2.93 bits per heavy atom. The van der Waals surface area contributed by atoms with Crippen LogP contribution >= 0.6 is 0 Å². The quantitative estimate of drug-likeness (QED) is 0.554. The number of hydrogen-bond donors (Lipinski definition) is 1. The number of aromatic nitrogens is 6. The Morgan fingerprint density at radius 1 is 1.26 bits per heavy atom. The smallest absolute Gasteiger partial charge is 0.319 e. The topological polar surface area (TPSA) is 88.1 Å². The minimum absolute atomic E-state index is 0.0542. The maximum absolute atomic E-state index is 14.1. The summed E-state index contributed by atoms with van der Waals surface area (Å²) in [6.07, 6.45) is -0.727. The van der Waals surface area contributed by atoms with Crippen molar-refractivity contribution in [2.45, 2.75) is 18.9 Å². The number of imidazole rings is 1. The molecule has 0 fully saturated rings. The van der Waals surface area contributed by atoms with Gasteiger partial charge in [-0.25, -0.2) is 9.50 Å². The number of nitrogens with zero attached hydrogens (tertiary/aromatic N) is 6. The second kappa shape index (κ2) is 5.83. The molecule has 8 nitrogen and oxygen atoms in total. The molecule has 0 aliphatic carbocycles. The molecule has 0 aromatic carbocycles. The van der Waals surface area contributed by atoms with Gasteiger partial charge in [0, 0.05) is 18.7 Å². The first kappa shape index (κ1) is 15.9. The van der Waals surface area contributed by atoms with Crippen molar-refractivity contribution in [1.29, 1.82) is 0 Å². The Morgan fingerprint density at radius 2 is 2.15 bits per heavy atom. The van der Waals surface area contributed by atoms with Gasteiger partial charge in [-0.15, -0.1) is 5.10 Å². The summed E-state index contributed by atoms with van der Waals surface area (Å²) in [6, 6.07) is 5.69. The Hall–Kier alpha value is -3.37. The monoisotopic (exact) mass is 375 g/mol. The molecular formula is C16H12F3N7O. The first-order chi connectivity index (χ1) is 13.1. The Labute approximate surface area is 149 Å². The zero-order valence-electron chi connectivity index (χ0n) is 13.7. The van der Waals surface area contributed by atoms with Gasteiger partial charge in [-0.3, -0.25) is 0 Å². The molecule has 138 valence electrons. The van der Waals surface area contributed by atoms with Crippen molar-refractivity contribution < 1.29 is 17.6 Å². The summed E-state index contributed by atoms with van der Waals surface area (Å²) in [5, 5.41) is 11.5. The summed E-state index contributed by atoms with van der Waals surface area (Å²) in [6.45, 7) is 0.418. The molecule has 1 N–H and O–H groups in total. The summed E-state index contributed by atoms with van der Waals surface area (Å²) in [5.41, 5.74) is 2.60. The zero-order chi connectivity index (χ0) is 18.5. The summed E-state index contributed by atoms with van der Waals surface area (Å²) < 4.78 is 46.1. The molecule has 1 atom stereocenters. The van der Waals surface area contributed by atoms with E-state index < -0.39 is 24.3 Å². The molecule has 4 aromatic rings. The van der Waals surface area contributed by atoms with E-state index in [9.17, 15) is 13.2 Å². The van der Waals surface area contributed by atoms with Gasteiger partial charge in [-0.2, -0.15) is 18.3 Å². The fourth-order valence-electron chi connectivity index (χ4n) is 3.35. The molecule has 1 aliphatic rings. The predicted octanol–water partition coefficient (Wildman–Crippen LogP) is 2.67. The summed E-state index contributed by atoms with van der Waals surface area (Å²) in [5.74, 6) is -1.27. The SMILES string of the molecule is Fc1cccc2cc(C3c4nc[nH]c4CCN3c3nnc(C(F)F)o3)nn12. The number of pyridine rings is 1. The number of H-pyrrole nitrogens is 1. The Kier molecular flexibility index (Phi) is 3.42. The highest BCUT2D eigenvalue weighted by Crippen LogP contribution is 2.36. The molecule has 5 heterocycles. The van der Waals surface area contributed by atoms with Crippen molar-refractivity contribution in [2.24, 2.45) is 0 Å². The van der Waals surface area contributed by atoms with Crippen LogP contribution in [0.25, 0.3) is 5.52 Å². The van der Waals surface area contributed by atoms with Crippen LogP contribution in [0.15, 0.2) is 35.0 Å². The number of rotatable bonds is 3. The van der Waals surface area contributed by atoms with Crippen molar-refractivity contribution in [3.8, 4) is 0 Å². The Balaban J connectivity index is 1.65. The molecule has 0 amide bonds. The first-order valence-electron chi connectivity index (χ1n) is 8.16. The van der Waals surface area contributed by atoms with Gasteiger partial charge in [0.2, 0.25) is 5.95 Å². The minimum atomic E-state index is -2.86. The number of hydrogen-bond acceptors (Lipinski definition) is 6. The van der Waals surface area contributed by atoms with Crippen LogP contribution in [0.3, 0.4) is 0 Å². The van der Waals surface area contributed by atoms with Gasteiger partial charge in [-0.1, -0.05) is 11.2 Å². The fraction of sp³-hybridized carbons (Fsp3) is 0.250. The van der Waals surface area contributed by atoms with Gasteiger partial charge in [0.05, 0.1) is 23.2 Å². The number of fused-ring (bicyclic) bond motifs is 2. The maximum Gasteiger partial charge on any atom is 0.319 e. The highest BCUT2D eigenvalue weighted by molar-refractivity contribution is 5.52. The highest BCUT2D eigenvalue weighted by atomic mass is 19.3. The van der Waals surface area contributed by atoms with E-state index in [1.54, 1.807) is 29.4 Å². The van der Waals surface area contributed by atoms with Crippen LogP contribution in [0.5, 0.6) is 0 Å². The number of aromatic amines is 1. The second-order valence-electron chi connectivity index (χ2n) is 6.09. The van der Waals surface area contributed by atoms with Crippen LogP contribution in [-0.4, -0.2) is 36.3 Å².